The van der Waals surface area contributed by atoms with Crippen LogP contribution in [0.25, 0.3) is 0 Å². The fourth-order valence-electron chi connectivity index (χ4n) is 3.43. The maximum absolute atomic E-state index is 12.3. The van der Waals surface area contributed by atoms with Crippen LogP contribution in [0.2, 0.25) is 0 Å². The van der Waals surface area contributed by atoms with E-state index >= 15 is 0 Å². The lowest BCUT2D eigenvalue weighted by Gasteiger charge is -2.35. The summed E-state index contributed by atoms with van der Waals surface area (Å²) in [5.74, 6) is -1.12. The van der Waals surface area contributed by atoms with Crippen LogP contribution in [0.5, 0.6) is 0 Å². The quantitative estimate of drug-likeness (QED) is 0.862. The number of carboxylic acids is 1. The average molecular weight is 331 g/mol. The summed E-state index contributed by atoms with van der Waals surface area (Å²) < 4.78 is 0. The predicted molar refractivity (Wildman–Crippen MR) is 90.5 cm³/mol. The number of rotatable bonds is 5. The molecule has 2 fully saturated rings. The second-order valence-electron chi connectivity index (χ2n) is 6.70. The van der Waals surface area contributed by atoms with Gasteiger partial charge in [-0.05, 0) is 12.0 Å². The molecule has 2 aliphatic heterocycles. The second-order valence-corrected chi connectivity index (χ2v) is 6.70. The maximum atomic E-state index is 12.3. The van der Waals surface area contributed by atoms with Gasteiger partial charge in [0.05, 0.1) is 12.5 Å². The summed E-state index contributed by atoms with van der Waals surface area (Å²) >= 11 is 0. The number of benzene rings is 1. The van der Waals surface area contributed by atoms with Gasteiger partial charge in [-0.3, -0.25) is 19.4 Å². The lowest BCUT2D eigenvalue weighted by molar-refractivity contribution is -0.141. The maximum Gasteiger partial charge on any atom is 0.308 e. The van der Waals surface area contributed by atoms with Gasteiger partial charge in [-0.25, -0.2) is 0 Å². The van der Waals surface area contributed by atoms with Gasteiger partial charge in [-0.2, -0.15) is 0 Å². The number of carbonyl (C=O) groups excluding carboxylic acids is 1. The van der Waals surface area contributed by atoms with E-state index in [2.05, 4.69) is 34.1 Å². The first kappa shape index (κ1) is 16.9. The Kier molecular flexibility index (Phi) is 5.48. The Hall–Kier alpha value is -1.92. The molecule has 0 radical (unpaired) electrons. The van der Waals surface area contributed by atoms with E-state index in [4.69, 9.17) is 5.11 Å². The Morgan fingerprint density at radius 2 is 1.67 bits per heavy atom. The van der Waals surface area contributed by atoms with Crippen molar-refractivity contribution in [3.05, 3.63) is 35.9 Å². The van der Waals surface area contributed by atoms with E-state index in [1.54, 1.807) is 4.90 Å². The first-order valence-electron chi connectivity index (χ1n) is 8.61. The molecule has 1 aromatic rings. The van der Waals surface area contributed by atoms with Crippen LogP contribution in [0.4, 0.5) is 0 Å². The summed E-state index contributed by atoms with van der Waals surface area (Å²) in [5, 5.41) is 9.03. The zero-order valence-electron chi connectivity index (χ0n) is 13.9. The molecule has 2 saturated heterocycles. The number of hydrogen-bond donors (Lipinski definition) is 1. The molecule has 2 heterocycles. The van der Waals surface area contributed by atoms with Crippen molar-refractivity contribution in [2.75, 3.05) is 45.8 Å². The van der Waals surface area contributed by atoms with Crippen LogP contribution in [-0.2, 0) is 16.1 Å². The topological polar surface area (TPSA) is 64.1 Å². The van der Waals surface area contributed by atoms with Crippen LogP contribution >= 0.6 is 0 Å². The molecule has 1 unspecified atom stereocenters. The summed E-state index contributed by atoms with van der Waals surface area (Å²) in [5.41, 5.74) is 1.32. The molecule has 0 spiro atoms. The molecule has 1 atom stereocenters. The fraction of sp³-hybridized carbons (Fsp3) is 0.556. The molecule has 0 bridgehead atoms. The zero-order valence-corrected chi connectivity index (χ0v) is 13.9. The monoisotopic (exact) mass is 331 g/mol. The molecular weight excluding hydrogens is 306 g/mol. The van der Waals surface area contributed by atoms with Crippen molar-refractivity contribution in [1.82, 2.24) is 14.7 Å². The standard InChI is InChI=1S/C18H25N3O3/c22-17(21-7-6-16(13-21)18(23)24)14-20-10-8-19(9-11-20)12-15-4-2-1-3-5-15/h1-5,16H,6-14H2,(H,23,24). The molecule has 130 valence electrons. The minimum atomic E-state index is -0.792. The van der Waals surface area contributed by atoms with Gasteiger partial charge in [0.2, 0.25) is 5.91 Å². The summed E-state index contributed by atoms with van der Waals surface area (Å²) in [4.78, 5) is 29.6. The van der Waals surface area contributed by atoms with Gasteiger partial charge < -0.3 is 10.0 Å². The van der Waals surface area contributed by atoms with E-state index < -0.39 is 11.9 Å². The highest BCUT2D eigenvalue weighted by Crippen LogP contribution is 2.17. The highest BCUT2D eigenvalue weighted by Gasteiger charge is 2.31. The molecule has 1 aromatic carbocycles. The minimum absolute atomic E-state index is 0.0651. The molecule has 6 heteroatoms. The lowest BCUT2D eigenvalue weighted by Crippen LogP contribution is -2.49. The van der Waals surface area contributed by atoms with Crippen molar-refractivity contribution in [3.8, 4) is 0 Å². The Morgan fingerprint density at radius 1 is 1.00 bits per heavy atom. The lowest BCUT2D eigenvalue weighted by atomic mass is 10.1. The van der Waals surface area contributed by atoms with E-state index in [0.29, 0.717) is 26.1 Å². The SMILES string of the molecule is O=C(O)C1CCN(C(=O)CN2CCN(Cc3ccccc3)CC2)C1. The zero-order chi connectivity index (χ0) is 16.9. The molecule has 0 aliphatic carbocycles. The summed E-state index contributed by atoms with van der Waals surface area (Å²) in [6, 6.07) is 10.4. The number of carboxylic acid groups (broad SMARTS) is 1. The van der Waals surface area contributed by atoms with Gasteiger partial charge in [0, 0.05) is 45.8 Å². The Balaban J connectivity index is 1.41. The smallest absolute Gasteiger partial charge is 0.308 e. The molecule has 6 nitrogen and oxygen atoms in total. The molecule has 3 rings (SSSR count). The Labute approximate surface area is 142 Å². The Bertz CT molecular complexity index is 570. The first-order valence-corrected chi connectivity index (χ1v) is 8.61. The highest BCUT2D eigenvalue weighted by molar-refractivity contribution is 5.80. The molecule has 1 amide bonds. The highest BCUT2D eigenvalue weighted by atomic mass is 16.4. The van der Waals surface area contributed by atoms with Crippen LogP contribution in [0.15, 0.2) is 30.3 Å². The number of hydrogen-bond acceptors (Lipinski definition) is 4. The summed E-state index contributed by atoms with van der Waals surface area (Å²) in [6.07, 6.45) is 0.575. The van der Waals surface area contributed by atoms with Crippen molar-refractivity contribution < 1.29 is 14.7 Å². The van der Waals surface area contributed by atoms with Crippen molar-refractivity contribution in [1.29, 1.82) is 0 Å². The number of nitrogens with zero attached hydrogens (tertiary/aromatic N) is 3. The first-order chi connectivity index (χ1) is 11.6. The number of carbonyl (C=O) groups is 2. The van der Waals surface area contributed by atoms with E-state index in [-0.39, 0.29) is 5.91 Å². The third kappa shape index (κ3) is 4.33. The predicted octanol–water partition coefficient (Wildman–Crippen LogP) is 0.737. The summed E-state index contributed by atoms with van der Waals surface area (Å²) in [6.45, 7) is 5.98. The number of aliphatic carboxylic acids is 1. The van der Waals surface area contributed by atoms with Crippen molar-refractivity contribution in [2.45, 2.75) is 13.0 Å². The van der Waals surface area contributed by atoms with Crippen LogP contribution in [0.1, 0.15) is 12.0 Å². The molecule has 24 heavy (non-hydrogen) atoms. The van der Waals surface area contributed by atoms with E-state index in [0.717, 1.165) is 32.7 Å². The van der Waals surface area contributed by atoms with E-state index in [9.17, 15) is 9.59 Å². The second kappa shape index (κ2) is 7.77. The van der Waals surface area contributed by atoms with Gasteiger partial charge in [0.15, 0.2) is 0 Å². The average Bonchev–Trinajstić information content (AvgIpc) is 3.08. The molecular formula is C18H25N3O3. The molecule has 0 aromatic heterocycles. The fourth-order valence-corrected chi connectivity index (χ4v) is 3.43. The van der Waals surface area contributed by atoms with E-state index in [1.165, 1.54) is 5.56 Å². The van der Waals surface area contributed by atoms with Crippen molar-refractivity contribution >= 4 is 11.9 Å². The van der Waals surface area contributed by atoms with Crippen LogP contribution in [0, 0.1) is 5.92 Å². The van der Waals surface area contributed by atoms with Crippen LogP contribution in [0.3, 0.4) is 0 Å². The molecule has 0 saturated carbocycles. The number of piperazine rings is 1. The third-order valence-corrected chi connectivity index (χ3v) is 4.96. The molecule has 2 aliphatic rings. The van der Waals surface area contributed by atoms with Gasteiger partial charge in [0.25, 0.3) is 0 Å². The number of likely N-dealkylation sites (tertiary alicyclic amines) is 1. The summed E-state index contributed by atoms with van der Waals surface area (Å²) in [7, 11) is 0. The van der Waals surface area contributed by atoms with Gasteiger partial charge >= 0.3 is 5.97 Å². The Morgan fingerprint density at radius 3 is 2.29 bits per heavy atom. The van der Waals surface area contributed by atoms with E-state index in [1.807, 2.05) is 6.07 Å². The normalized spacial score (nSPS) is 22.7. The van der Waals surface area contributed by atoms with Crippen molar-refractivity contribution in [3.63, 3.8) is 0 Å². The minimum Gasteiger partial charge on any atom is -0.481 e. The molecule has 1 N–H and O–H groups in total. The van der Waals surface area contributed by atoms with Gasteiger partial charge in [-0.15, -0.1) is 0 Å². The van der Waals surface area contributed by atoms with Crippen molar-refractivity contribution in [2.24, 2.45) is 5.92 Å². The van der Waals surface area contributed by atoms with Gasteiger partial charge in [0.1, 0.15) is 0 Å². The number of amides is 1. The largest absolute Gasteiger partial charge is 0.481 e. The van der Waals surface area contributed by atoms with Gasteiger partial charge in [-0.1, -0.05) is 30.3 Å². The van der Waals surface area contributed by atoms with Crippen LogP contribution < -0.4 is 0 Å². The third-order valence-electron chi connectivity index (χ3n) is 4.96. The van der Waals surface area contributed by atoms with Crippen LogP contribution in [-0.4, -0.2) is 77.5 Å².